The van der Waals surface area contributed by atoms with Crippen LogP contribution in [0.3, 0.4) is 0 Å². The number of hydrogen-bond acceptors (Lipinski definition) is 2. The van der Waals surface area contributed by atoms with Crippen LogP contribution in [-0.4, -0.2) is 9.55 Å². The maximum absolute atomic E-state index is 5.86. The van der Waals surface area contributed by atoms with Crippen LogP contribution in [0.5, 0.6) is 0 Å². The van der Waals surface area contributed by atoms with E-state index in [1.54, 1.807) is 5.54 Å². The second-order valence-electron chi connectivity index (χ2n) is 4.15. The van der Waals surface area contributed by atoms with E-state index in [1.165, 1.54) is 0 Å². The Hall–Kier alpha value is -1.19. The van der Waals surface area contributed by atoms with Crippen LogP contribution in [0.25, 0.3) is 16.5 Å². The Balaban J connectivity index is 2.42. The number of fused-ring (bicyclic) bond motifs is 2. The highest BCUT2D eigenvalue weighted by Crippen LogP contribution is 2.28. The summed E-state index contributed by atoms with van der Waals surface area (Å²) in [6.45, 7) is 0.931. The van der Waals surface area contributed by atoms with Gasteiger partial charge in [0.2, 0.25) is 0 Å². The smallest absolute Gasteiger partial charge is 0.138 e. The highest BCUT2D eigenvalue weighted by Gasteiger charge is 2.16. The summed E-state index contributed by atoms with van der Waals surface area (Å²) in [6.07, 6.45) is 2.05. The van der Waals surface area contributed by atoms with Crippen LogP contribution >= 0.6 is 23.8 Å². The molecule has 0 saturated carbocycles. The maximum Gasteiger partial charge on any atom is 0.138 e. The van der Waals surface area contributed by atoms with Crippen molar-refractivity contribution in [1.29, 1.82) is 0 Å². The number of allylic oxidation sites excluding steroid dienone is 1. The molecular weight excluding hydrogens is 252 g/mol. The van der Waals surface area contributed by atoms with Gasteiger partial charge in [-0.3, -0.25) is 0 Å². The monoisotopic (exact) mass is 262 g/mol. The fourth-order valence-corrected chi connectivity index (χ4v) is 2.82. The van der Waals surface area contributed by atoms with E-state index >= 15 is 0 Å². The van der Waals surface area contributed by atoms with E-state index in [-0.39, 0.29) is 0 Å². The van der Waals surface area contributed by atoms with Crippen molar-refractivity contribution in [2.75, 3.05) is 0 Å². The second-order valence-corrected chi connectivity index (χ2v) is 4.75. The first kappa shape index (κ1) is 10.9. The Morgan fingerprint density at radius 1 is 1.35 bits per heavy atom. The summed E-state index contributed by atoms with van der Waals surface area (Å²) >= 11 is 11.4. The van der Waals surface area contributed by atoms with E-state index in [4.69, 9.17) is 23.8 Å². The van der Waals surface area contributed by atoms with E-state index < -0.39 is 0 Å². The summed E-state index contributed by atoms with van der Waals surface area (Å²) in [5.41, 5.74) is 3.65. The highest BCUT2D eigenvalue weighted by molar-refractivity contribution is 7.71. The van der Waals surface area contributed by atoms with Gasteiger partial charge < -0.3 is 4.57 Å². The number of nitrogens with zero attached hydrogens (tertiary/aromatic N) is 2. The SMILES string of the molecule is S=c1c2ccccc2nc2n1CCCC2=CCl. The van der Waals surface area contributed by atoms with Crippen LogP contribution in [0, 0.1) is 4.64 Å². The van der Waals surface area contributed by atoms with Crippen molar-refractivity contribution in [3.8, 4) is 0 Å². The molecule has 0 bridgehead atoms. The van der Waals surface area contributed by atoms with Gasteiger partial charge in [0.1, 0.15) is 10.5 Å². The number of para-hydroxylation sites is 1. The molecule has 0 fully saturated rings. The molecule has 4 heteroatoms. The number of halogens is 1. The molecule has 1 aromatic heterocycles. The first-order valence-electron chi connectivity index (χ1n) is 5.60. The van der Waals surface area contributed by atoms with Crippen LogP contribution in [-0.2, 0) is 6.54 Å². The van der Waals surface area contributed by atoms with Gasteiger partial charge in [0.15, 0.2) is 0 Å². The predicted molar refractivity (Wildman–Crippen MR) is 73.6 cm³/mol. The Morgan fingerprint density at radius 2 is 2.18 bits per heavy atom. The normalized spacial score (nSPS) is 17.4. The van der Waals surface area contributed by atoms with Gasteiger partial charge in [-0.25, -0.2) is 4.98 Å². The number of benzene rings is 1. The molecule has 2 nitrogen and oxygen atoms in total. The van der Waals surface area contributed by atoms with Gasteiger partial charge in [0.05, 0.1) is 5.52 Å². The first-order chi connectivity index (χ1) is 8.31. The molecule has 3 rings (SSSR count). The van der Waals surface area contributed by atoms with Crippen molar-refractivity contribution >= 4 is 40.3 Å². The van der Waals surface area contributed by atoms with E-state index in [1.807, 2.05) is 24.3 Å². The minimum atomic E-state index is 0.862. The van der Waals surface area contributed by atoms with Gasteiger partial charge in [-0.1, -0.05) is 36.0 Å². The van der Waals surface area contributed by atoms with Gasteiger partial charge in [0.25, 0.3) is 0 Å². The van der Waals surface area contributed by atoms with Crippen molar-refractivity contribution in [2.45, 2.75) is 19.4 Å². The summed E-state index contributed by atoms with van der Waals surface area (Å²) in [5, 5.41) is 1.04. The lowest BCUT2D eigenvalue weighted by Crippen LogP contribution is -2.15. The van der Waals surface area contributed by atoms with Gasteiger partial charge >= 0.3 is 0 Å². The Bertz CT molecular complexity index is 673. The molecule has 2 heterocycles. The Morgan fingerprint density at radius 3 is 3.00 bits per heavy atom. The molecule has 0 radical (unpaired) electrons. The van der Waals surface area contributed by atoms with E-state index in [2.05, 4.69) is 9.55 Å². The predicted octanol–water partition coefficient (Wildman–Crippen LogP) is 4.14. The second kappa shape index (κ2) is 4.24. The molecule has 0 unspecified atom stereocenters. The summed E-state index contributed by atoms with van der Waals surface area (Å²) in [4.78, 5) is 4.67. The van der Waals surface area contributed by atoms with Crippen molar-refractivity contribution < 1.29 is 0 Å². The third-order valence-corrected chi connectivity index (χ3v) is 3.81. The summed E-state index contributed by atoms with van der Waals surface area (Å²) in [5.74, 6) is 0.926. The molecule has 0 atom stereocenters. The van der Waals surface area contributed by atoms with E-state index in [0.29, 0.717) is 0 Å². The highest BCUT2D eigenvalue weighted by atomic mass is 35.5. The average molecular weight is 263 g/mol. The zero-order valence-electron chi connectivity index (χ0n) is 9.19. The zero-order valence-corrected chi connectivity index (χ0v) is 10.8. The summed E-state index contributed by atoms with van der Waals surface area (Å²) in [6, 6.07) is 7.99. The molecule has 0 saturated heterocycles. The maximum atomic E-state index is 5.86. The van der Waals surface area contributed by atoms with Gasteiger partial charge in [0, 0.05) is 23.0 Å². The van der Waals surface area contributed by atoms with Crippen molar-refractivity contribution in [3.63, 3.8) is 0 Å². The third-order valence-electron chi connectivity index (χ3n) is 3.11. The van der Waals surface area contributed by atoms with Crippen LogP contribution < -0.4 is 0 Å². The van der Waals surface area contributed by atoms with Crippen LogP contribution in [0.4, 0.5) is 0 Å². The minimum absolute atomic E-state index is 0.862. The number of rotatable bonds is 0. The molecule has 1 aromatic carbocycles. The number of hydrogen-bond donors (Lipinski definition) is 0. The molecule has 86 valence electrons. The molecule has 1 aliphatic heterocycles. The topological polar surface area (TPSA) is 17.8 Å². The largest absolute Gasteiger partial charge is 0.317 e. The van der Waals surface area contributed by atoms with Crippen molar-refractivity contribution in [3.05, 3.63) is 40.3 Å². The van der Waals surface area contributed by atoms with Crippen LogP contribution in [0.1, 0.15) is 18.7 Å². The molecule has 2 aromatic rings. The standard InChI is InChI=1S/C13H11ClN2S/c14-8-9-4-3-7-16-12(9)15-11-6-2-1-5-10(11)13(16)17/h1-2,5-6,8H,3-4,7H2. The molecule has 0 aliphatic carbocycles. The molecule has 0 spiro atoms. The first-order valence-corrected chi connectivity index (χ1v) is 6.45. The Kier molecular flexibility index (Phi) is 2.73. The fraction of sp³-hybridized carbons (Fsp3) is 0.231. The van der Waals surface area contributed by atoms with E-state index in [0.717, 1.165) is 46.3 Å². The summed E-state index contributed by atoms with van der Waals surface area (Å²) < 4.78 is 2.95. The summed E-state index contributed by atoms with van der Waals surface area (Å²) in [7, 11) is 0. The minimum Gasteiger partial charge on any atom is -0.317 e. The lowest BCUT2D eigenvalue weighted by Gasteiger charge is -2.21. The zero-order chi connectivity index (χ0) is 11.8. The third kappa shape index (κ3) is 1.70. The molecular formula is C13H11ClN2S. The lowest BCUT2D eigenvalue weighted by molar-refractivity contribution is 0.596. The van der Waals surface area contributed by atoms with Crippen LogP contribution in [0.2, 0.25) is 0 Å². The van der Waals surface area contributed by atoms with Crippen LogP contribution in [0.15, 0.2) is 29.8 Å². The molecule has 0 amide bonds. The molecule has 17 heavy (non-hydrogen) atoms. The van der Waals surface area contributed by atoms with Crippen molar-refractivity contribution in [1.82, 2.24) is 9.55 Å². The van der Waals surface area contributed by atoms with Crippen molar-refractivity contribution in [2.24, 2.45) is 0 Å². The van der Waals surface area contributed by atoms with Gasteiger partial charge in [-0.05, 0) is 25.0 Å². The quantitative estimate of drug-likeness (QED) is 0.664. The Labute approximate surface area is 110 Å². The molecule has 0 N–H and O–H groups in total. The van der Waals surface area contributed by atoms with Gasteiger partial charge in [-0.15, -0.1) is 0 Å². The average Bonchev–Trinajstić information content (AvgIpc) is 2.38. The molecule has 1 aliphatic rings. The lowest BCUT2D eigenvalue weighted by atomic mass is 10.1. The van der Waals surface area contributed by atoms with Gasteiger partial charge in [-0.2, -0.15) is 0 Å². The van der Waals surface area contributed by atoms with E-state index in [9.17, 15) is 0 Å². The fourth-order valence-electron chi connectivity index (χ4n) is 2.26. The number of aromatic nitrogens is 2.